The number of nitrogens with one attached hydrogen (secondary N) is 1. The molecule has 2 N–H and O–H groups in total. The third kappa shape index (κ3) is 8.05. The fourth-order valence-electron chi connectivity index (χ4n) is 5.69. The van der Waals surface area contributed by atoms with E-state index in [2.05, 4.69) is 46.6 Å². The normalized spacial score (nSPS) is 12.5. The molecular formula is C39H36N5O5+. The summed E-state index contributed by atoms with van der Waals surface area (Å²) in [6, 6.07) is 29.9. The molecule has 0 spiro atoms. The molecule has 2 amide bonds. The van der Waals surface area contributed by atoms with Gasteiger partial charge in [-0.25, -0.2) is 0 Å². The van der Waals surface area contributed by atoms with E-state index in [0.29, 0.717) is 28.5 Å². The summed E-state index contributed by atoms with van der Waals surface area (Å²) < 4.78 is 7.47. The monoisotopic (exact) mass is 654 g/mol. The minimum absolute atomic E-state index is 0.0767. The quantitative estimate of drug-likeness (QED) is 0.150. The first-order valence-electron chi connectivity index (χ1n) is 15.9. The van der Waals surface area contributed by atoms with Crippen LogP contribution in [-0.2, 0) is 16.1 Å². The minimum Gasteiger partial charge on any atom is -0.480 e. The second-order valence-electron chi connectivity index (χ2n) is 12.3. The summed E-state index contributed by atoms with van der Waals surface area (Å²) in [4.78, 5) is 43.5. The van der Waals surface area contributed by atoms with Crippen molar-refractivity contribution in [3.8, 4) is 34.0 Å². The number of amides is 2. The highest BCUT2D eigenvalue weighted by atomic mass is 16.5. The van der Waals surface area contributed by atoms with Gasteiger partial charge in [-0.2, -0.15) is 9.56 Å². The van der Waals surface area contributed by atoms with Gasteiger partial charge >= 0.3 is 5.97 Å². The molecule has 0 saturated carbocycles. The number of aromatic nitrogens is 2. The topological polar surface area (TPSA) is 129 Å². The van der Waals surface area contributed by atoms with Gasteiger partial charge in [-0.15, -0.1) is 0 Å². The molecule has 0 unspecified atom stereocenters. The Labute approximate surface area is 284 Å². The van der Waals surface area contributed by atoms with Gasteiger partial charge in [-0.1, -0.05) is 71.4 Å². The van der Waals surface area contributed by atoms with Crippen molar-refractivity contribution in [3.05, 3.63) is 126 Å². The summed E-state index contributed by atoms with van der Waals surface area (Å²) >= 11 is 0. The Hall–Kier alpha value is -6.16. The number of hydrogen-bond donors (Lipinski definition) is 2. The summed E-state index contributed by atoms with van der Waals surface area (Å²) in [5, 5.41) is 16.5. The molecule has 10 heteroatoms. The van der Waals surface area contributed by atoms with Crippen LogP contribution in [0.25, 0.3) is 34.0 Å². The van der Waals surface area contributed by atoms with E-state index in [-0.39, 0.29) is 19.0 Å². The Morgan fingerprint density at radius 2 is 1.43 bits per heavy atom. The minimum atomic E-state index is -1.13. The zero-order valence-corrected chi connectivity index (χ0v) is 27.5. The molecule has 0 radical (unpaired) electrons. The predicted molar refractivity (Wildman–Crippen MR) is 187 cm³/mol. The average molecular weight is 655 g/mol. The maximum absolute atomic E-state index is 13.4. The van der Waals surface area contributed by atoms with Gasteiger partial charge in [0, 0.05) is 41.4 Å². The van der Waals surface area contributed by atoms with Crippen LogP contribution in [0.4, 0.5) is 5.69 Å². The summed E-state index contributed by atoms with van der Waals surface area (Å²) in [7, 11) is 0. The van der Waals surface area contributed by atoms with E-state index in [9.17, 15) is 19.5 Å². The number of benzene rings is 4. The third-order valence-corrected chi connectivity index (χ3v) is 8.27. The average Bonchev–Trinajstić information content (AvgIpc) is 3.71. The van der Waals surface area contributed by atoms with Crippen LogP contribution >= 0.6 is 0 Å². The molecule has 0 atom stereocenters. The molecule has 0 aliphatic carbocycles. The number of carbonyl (C=O) groups excluding carboxylic acids is 2. The van der Waals surface area contributed by atoms with Gasteiger partial charge < -0.3 is 19.8 Å². The third-order valence-electron chi connectivity index (χ3n) is 8.27. The van der Waals surface area contributed by atoms with E-state index >= 15 is 0 Å². The molecule has 1 aliphatic rings. The number of rotatable bonds is 11. The van der Waals surface area contributed by atoms with E-state index in [1.54, 1.807) is 36.4 Å². The van der Waals surface area contributed by atoms with Crippen LogP contribution in [0, 0.1) is 6.92 Å². The lowest BCUT2D eigenvalue weighted by molar-refractivity contribution is -0.442. The van der Waals surface area contributed by atoms with Gasteiger partial charge in [0.2, 0.25) is 12.4 Å². The molecule has 5 aromatic rings. The molecular weight excluding hydrogens is 618 g/mol. The van der Waals surface area contributed by atoms with Crippen molar-refractivity contribution in [1.29, 1.82) is 0 Å². The standard InChI is InChI=1S/C39H35N5O5/c1-25-4-8-29(9-5-25)30-12-14-32(15-13-30)38-41-37(42-49-38)31-10-6-28(7-11-31)22-44(24-36(46)47)39(48)33-16-18-34(19-17-33)40-35(45)23-43-21-26(2)20-27(43)3/h4-19,21H,20,22-24H2,1-3H3,(H-,40,45,46,47,48)/p+1. The maximum Gasteiger partial charge on any atom is 0.323 e. The van der Waals surface area contributed by atoms with E-state index in [4.69, 9.17) is 4.52 Å². The first-order valence-corrected chi connectivity index (χ1v) is 15.9. The van der Waals surface area contributed by atoms with Crippen LogP contribution < -0.4 is 5.32 Å². The lowest BCUT2D eigenvalue weighted by Gasteiger charge is -2.21. The number of aryl methyl sites for hydroxylation is 1. The Bertz CT molecular complexity index is 2060. The van der Waals surface area contributed by atoms with E-state index in [0.717, 1.165) is 34.4 Å². The lowest BCUT2D eigenvalue weighted by atomic mass is 10.0. The Kier molecular flexibility index (Phi) is 9.57. The summed E-state index contributed by atoms with van der Waals surface area (Å²) in [5.74, 6) is -0.937. The molecule has 246 valence electrons. The Balaban J connectivity index is 1.09. The van der Waals surface area contributed by atoms with Crippen molar-refractivity contribution < 1.29 is 28.6 Å². The molecule has 6 rings (SSSR count). The van der Waals surface area contributed by atoms with E-state index < -0.39 is 18.4 Å². The highest BCUT2D eigenvalue weighted by molar-refractivity contribution is 5.97. The lowest BCUT2D eigenvalue weighted by Crippen LogP contribution is -2.35. The summed E-state index contributed by atoms with van der Waals surface area (Å²) in [5.41, 5.74) is 8.84. The fourth-order valence-corrected chi connectivity index (χ4v) is 5.69. The smallest absolute Gasteiger partial charge is 0.323 e. The Morgan fingerprint density at radius 3 is 2.04 bits per heavy atom. The predicted octanol–water partition coefficient (Wildman–Crippen LogP) is 6.83. The zero-order chi connectivity index (χ0) is 34.5. The van der Waals surface area contributed by atoms with Crippen LogP contribution in [0.15, 0.2) is 113 Å². The molecule has 1 aromatic heterocycles. The second-order valence-corrected chi connectivity index (χ2v) is 12.3. The Morgan fingerprint density at radius 1 is 0.816 bits per heavy atom. The summed E-state index contributed by atoms with van der Waals surface area (Å²) in [6.45, 7) is 5.88. The molecule has 0 fully saturated rings. The zero-order valence-electron chi connectivity index (χ0n) is 27.5. The van der Waals surface area contributed by atoms with Crippen molar-refractivity contribution in [2.45, 2.75) is 33.7 Å². The second kappa shape index (κ2) is 14.3. The largest absolute Gasteiger partial charge is 0.480 e. The van der Waals surface area contributed by atoms with Gasteiger partial charge in [-0.05, 0) is 66.9 Å². The molecule has 2 heterocycles. The van der Waals surface area contributed by atoms with Crippen molar-refractivity contribution in [2.24, 2.45) is 0 Å². The number of anilines is 1. The fraction of sp³-hybridized carbons (Fsp3) is 0.179. The highest BCUT2D eigenvalue weighted by Gasteiger charge is 2.22. The van der Waals surface area contributed by atoms with Crippen molar-refractivity contribution >= 4 is 29.2 Å². The van der Waals surface area contributed by atoms with Gasteiger partial charge in [0.15, 0.2) is 11.9 Å². The molecule has 49 heavy (non-hydrogen) atoms. The van der Waals surface area contributed by atoms with Crippen LogP contribution in [0.1, 0.15) is 41.8 Å². The first kappa shape index (κ1) is 32.8. The number of allylic oxidation sites excluding steroid dienone is 1. The number of hydrogen-bond acceptors (Lipinski definition) is 6. The molecule has 0 saturated heterocycles. The van der Waals surface area contributed by atoms with Crippen molar-refractivity contribution in [1.82, 2.24) is 15.0 Å². The van der Waals surface area contributed by atoms with Crippen molar-refractivity contribution in [3.63, 3.8) is 0 Å². The van der Waals surface area contributed by atoms with E-state index in [1.165, 1.54) is 16.0 Å². The number of carboxylic acids is 1. The number of nitrogens with zero attached hydrogens (tertiary/aromatic N) is 4. The van der Waals surface area contributed by atoms with Gasteiger partial charge in [0.05, 0.1) is 6.42 Å². The highest BCUT2D eigenvalue weighted by Crippen LogP contribution is 2.26. The SMILES string of the molecule is CC1=C[N+](CC(=O)Nc2ccc(C(=O)N(CC(=O)O)Cc3ccc(-c4noc(-c5ccc(-c6ccc(C)cc6)cc5)n4)cc3)cc2)=C(C)C1. The van der Waals surface area contributed by atoms with Gasteiger partial charge in [0.25, 0.3) is 17.7 Å². The van der Waals surface area contributed by atoms with Crippen LogP contribution in [0.3, 0.4) is 0 Å². The van der Waals surface area contributed by atoms with Crippen LogP contribution in [0.5, 0.6) is 0 Å². The van der Waals surface area contributed by atoms with Crippen LogP contribution in [-0.4, -0.2) is 61.3 Å². The van der Waals surface area contributed by atoms with E-state index in [1.807, 2.05) is 61.0 Å². The molecule has 1 aliphatic heterocycles. The summed E-state index contributed by atoms with van der Waals surface area (Å²) in [6.07, 6.45) is 2.82. The molecule has 10 nitrogen and oxygen atoms in total. The first-order chi connectivity index (χ1) is 23.6. The number of carboxylic acid groups (broad SMARTS) is 1. The molecule has 4 aromatic carbocycles. The van der Waals surface area contributed by atoms with Crippen LogP contribution in [0.2, 0.25) is 0 Å². The van der Waals surface area contributed by atoms with Gasteiger partial charge in [0.1, 0.15) is 6.54 Å². The number of carbonyl (C=O) groups is 3. The molecule has 0 bridgehead atoms. The van der Waals surface area contributed by atoms with Crippen molar-refractivity contribution in [2.75, 3.05) is 18.4 Å². The van der Waals surface area contributed by atoms with Gasteiger partial charge in [-0.3, -0.25) is 14.4 Å². The number of aliphatic carboxylic acids is 1. The maximum atomic E-state index is 13.4.